The number of hydrogen-bond acceptors (Lipinski definition) is 4. The molecule has 2 aromatic heterocycles. The fraction of sp³-hybridized carbons (Fsp3) is 0.240. The fourth-order valence-corrected chi connectivity index (χ4v) is 3.54. The number of para-hydroxylation sites is 3. The molecule has 1 amide bonds. The van der Waals surface area contributed by atoms with Crippen LogP contribution < -0.4 is 10.1 Å². The lowest BCUT2D eigenvalue weighted by Crippen LogP contribution is -2.26. The molecule has 6 nitrogen and oxygen atoms in total. The number of ether oxygens (including phenoxy) is 1. The minimum Gasteiger partial charge on any atom is -0.494 e. The van der Waals surface area contributed by atoms with Crippen molar-refractivity contribution in [2.45, 2.75) is 25.8 Å². The second-order valence-electron chi connectivity index (χ2n) is 7.28. The number of pyridine rings is 1. The molecule has 31 heavy (non-hydrogen) atoms. The molecule has 0 fully saturated rings. The lowest BCUT2D eigenvalue weighted by atomic mass is 10.2. The molecule has 4 aromatic rings. The molecule has 158 valence electrons. The summed E-state index contributed by atoms with van der Waals surface area (Å²) in [6, 6.07) is 21.5. The number of carbonyl (C=O) groups excluding carboxylic acids is 1. The van der Waals surface area contributed by atoms with Crippen molar-refractivity contribution in [1.82, 2.24) is 19.9 Å². The van der Waals surface area contributed by atoms with Gasteiger partial charge in [-0.3, -0.25) is 9.78 Å². The van der Waals surface area contributed by atoms with Crippen LogP contribution >= 0.6 is 0 Å². The van der Waals surface area contributed by atoms with Gasteiger partial charge in [-0.25, -0.2) is 4.98 Å². The predicted octanol–water partition coefficient (Wildman–Crippen LogP) is 4.26. The Bertz CT molecular complexity index is 1110. The third kappa shape index (κ3) is 5.48. The molecule has 0 saturated carbocycles. The summed E-state index contributed by atoms with van der Waals surface area (Å²) in [7, 11) is 0. The zero-order valence-corrected chi connectivity index (χ0v) is 17.4. The van der Waals surface area contributed by atoms with Gasteiger partial charge in [-0.15, -0.1) is 0 Å². The zero-order chi connectivity index (χ0) is 21.3. The third-order valence-electron chi connectivity index (χ3n) is 5.10. The standard InChI is InChI=1S/C25H26N4O2/c30-25(20-12-15-26-16-13-20)27-17-14-24-28-22-10-4-5-11-23(22)29(24)18-6-7-19-31-21-8-2-1-3-9-21/h1-5,8-13,15-16H,6-7,14,17-19H2,(H,27,30). The number of carbonyl (C=O) groups is 1. The summed E-state index contributed by atoms with van der Waals surface area (Å²) >= 11 is 0. The normalized spacial score (nSPS) is 10.8. The molecular weight excluding hydrogens is 388 g/mol. The van der Waals surface area contributed by atoms with Gasteiger partial charge in [0.25, 0.3) is 5.91 Å². The molecule has 2 heterocycles. The van der Waals surface area contributed by atoms with Crippen molar-refractivity contribution in [3.05, 3.63) is 90.5 Å². The Balaban J connectivity index is 1.33. The maximum atomic E-state index is 12.3. The van der Waals surface area contributed by atoms with E-state index >= 15 is 0 Å². The molecule has 0 aliphatic heterocycles. The van der Waals surface area contributed by atoms with Gasteiger partial charge in [0, 0.05) is 37.5 Å². The van der Waals surface area contributed by atoms with Gasteiger partial charge in [-0.2, -0.15) is 0 Å². The minimum absolute atomic E-state index is 0.0943. The van der Waals surface area contributed by atoms with Gasteiger partial charge in [0.1, 0.15) is 11.6 Å². The number of nitrogens with zero attached hydrogens (tertiary/aromatic N) is 3. The van der Waals surface area contributed by atoms with E-state index in [2.05, 4.69) is 20.9 Å². The number of benzene rings is 2. The van der Waals surface area contributed by atoms with Gasteiger partial charge in [-0.05, 0) is 49.2 Å². The highest BCUT2D eigenvalue weighted by Crippen LogP contribution is 2.18. The van der Waals surface area contributed by atoms with Gasteiger partial charge in [0.15, 0.2) is 0 Å². The van der Waals surface area contributed by atoms with Crippen LogP contribution in [0, 0.1) is 0 Å². The highest BCUT2D eigenvalue weighted by molar-refractivity contribution is 5.93. The maximum Gasteiger partial charge on any atom is 0.251 e. The first-order valence-electron chi connectivity index (χ1n) is 10.6. The van der Waals surface area contributed by atoms with Crippen LogP contribution in [0.2, 0.25) is 0 Å². The first-order valence-corrected chi connectivity index (χ1v) is 10.6. The van der Waals surface area contributed by atoms with Gasteiger partial charge in [0.05, 0.1) is 17.6 Å². The first-order chi connectivity index (χ1) is 15.3. The van der Waals surface area contributed by atoms with Gasteiger partial charge in [0.2, 0.25) is 0 Å². The first kappa shape index (κ1) is 20.6. The summed E-state index contributed by atoms with van der Waals surface area (Å²) in [6.45, 7) is 2.09. The Hall–Kier alpha value is -3.67. The Kier molecular flexibility index (Phi) is 6.90. The molecule has 6 heteroatoms. The van der Waals surface area contributed by atoms with Crippen LogP contribution in [-0.4, -0.2) is 33.6 Å². The van der Waals surface area contributed by atoms with Crippen LogP contribution in [0.15, 0.2) is 79.1 Å². The highest BCUT2D eigenvalue weighted by atomic mass is 16.5. The lowest BCUT2D eigenvalue weighted by molar-refractivity contribution is 0.0954. The van der Waals surface area contributed by atoms with Gasteiger partial charge >= 0.3 is 0 Å². The number of fused-ring (bicyclic) bond motifs is 1. The number of hydrogen-bond donors (Lipinski definition) is 1. The molecule has 0 unspecified atom stereocenters. The van der Waals surface area contributed by atoms with Crippen LogP contribution in [0.5, 0.6) is 5.75 Å². The quantitative estimate of drug-likeness (QED) is 0.394. The topological polar surface area (TPSA) is 69.0 Å². The molecule has 2 aromatic carbocycles. The van der Waals surface area contributed by atoms with Crippen molar-refractivity contribution in [3.8, 4) is 5.75 Å². The minimum atomic E-state index is -0.0943. The molecule has 0 aliphatic carbocycles. The van der Waals surface area contributed by atoms with Crippen LogP contribution in [0.1, 0.15) is 29.0 Å². The second kappa shape index (κ2) is 10.4. The van der Waals surface area contributed by atoms with Crippen LogP contribution in [0.4, 0.5) is 0 Å². The number of aromatic nitrogens is 3. The summed E-state index contributed by atoms with van der Waals surface area (Å²) < 4.78 is 8.06. The molecule has 4 rings (SSSR count). The smallest absolute Gasteiger partial charge is 0.251 e. The van der Waals surface area contributed by atoms with Crippen LogP contribution in [0.3, 0.4) is 0 Å². The summed E-state index contributed by atoms with van der Waals surface area (Å²) in [5.41, 5.74) is 2.72. The van der Waals surface area contributed by atoms with E-state index in [1.807, 2.05) is 48.5 Å². The van der Waals surface area contributed by atoms with E-state index in [1.54, 1.807) is 24.5 Å². The molecule has 0 spiro atoms. The Morgan fingerprint density at radius 1 is 0.935 bits per heavy atom. The molecule has 0 radical (unpaired) electrons. The van der Waals surface area contributed by atoms with Gasteiger partial charge < -0.3 is 14.6 Å². The van der Waals surface area contributed by atoms with E-state index in [0.29, 0.717) is 25.1 Å². The molecular formula is C25H26N4O2. The maximum absolute atomic E-state index is 12.3. The highest BCUT2D eigenvalue weighted by Gasteiger charge is 2.11. The zero-order valence-electron chi connectivity index (χ0n) is 17.4. The van der Waals surface area contributed by atoms with Gasteiger partial charge in [-0.1, -0.05) is 30.3 Å². The number of imidazole rings is 1. The number of amides is 1. The van der Waals surface area contributed by atoms with E-state index in [4.69, 9.17) is 9.72 Å². The van der Waals surface area contributed by atoms with E-state index < -0.39 is 0 Å². The number of aryl methyl sites for hydroxylation is 1. The largest absolute Gasteiger partial charge is 0.494 e. The van der Waals surface area contributed by atoms with E-state index in [1.165, 1.54) is 0 Å². The summed E-state index contributed by atoms with van der Waals surface area (Å²) in [4.78, 5) is 21.0. The van der Waals surface area contributed by atoms with Crippen molar-refractivity contribution in [2.24, 2.45) is 0 Å². The fourth-order valence-electron chi connectivity index (χ4n) is 3.54. The third-order valence-corrected chi connectivity index (χ3v) is 5.10. The molecule has 1 N–H and O–H groups in total. The monoisotopic (exact) mass is 414 g/mol. The van der Waals surface area contributed by atoms with Crippen LogP contribution in [-0.2, 0) is 13.0 Å². The Morgan fingerprint density at radius 2 is 1.71 bits per heavy atom. The van der Waals surface area contributed by atoms with Crippen LogP contribution in [0.25, 0.3) is 11.0 Å². The van der Waals surface area contributed by atoms with Crippen molar-refractivity contribution in [1.29, 1.82) is 0 Å². The average molecular weight is 415 g/mol. The van der Waals surface area contributed by atoms with Crippen molar-refractivity contribution < 1.29 is 9.53 Å². The van der Waals surface area contributed by atoms with Crippen molar-refractivity contribution >= 4 is 16.9 Å². The van der Waals surface area contributed by atoms with E-state index in [0.717, 1.165) is 42.0 Å². The van der Waals surface area contributed by atoms with Crippen molar-refractivity contribution in [2.75, 3.05) is 13.2 Å². The van der Waals surface area contributed by atoms with E-state index in [9.17, 15) is 4.79 Å². The predicted molar refractivity (Wildman–Crippen MR) is 121 cm³/mol. The number of unbranched alkanes of at least 4 members (excludes halogenated alkanes) is 1. The molecule has 0 atom stereocenters. The average Bonchev–Trinajstić information content (AvgIpc) is 3.17. The summed E-state index contributed by atoms with van der Waals surface area (Å²) in [6.07, 6.45) is 5.86. The van der Waals surface area contributed by atoms with Crippen molar-refractivity contribution in [3.63, 3.8) is 0 Å². The lowest BCUT2D eigenvalue weighted by Gasteiger charge is -2.11. The number of rotatable bonds is 10. The Morgan fingerprint density at radius 3 is 2.55 bits per heavy atom. The molecule has 0 saturated heterocycles. The summed E-state index contributed by atoms with van der Waals surface area (Å²) in [5, 5.41) is 2.97. The van der Waals surface area contributed by atoms with E-state index in [-0.39, 0.29) is 5.91 Å². The summed E-state index contributed by atoms with van der Waals surface area (Å²) in [5.74, 6) is 1.80. The Labute approximate surface area is 181 Å². The molecule has 0 aliphatic rings. The number of nitrogens with one attached hydrogen (secondary N) is 1. The molecule has 0 bridgehead atoms. The second-order valence-corrected chi connectivity index (χ2v) is 7.28. The SMILES string of the molecule is O=C(NCCc1nc2ccccc2n1CCCCOc1ccccc1)c1ccncc1.